The summed E-state index contributed by atoms with van der Waals surface area (Å²) in [4.78, 5) is 0. The van der Waals surface area contributed by atoms with Crippen LogP contribution in [0.3, 0.4) is 0 Å². The van der Waals surface area contributed by atoms with Crippen molar-refractivity contribution in [3.63, 3.8) is 0 Å². The Hall–Kier alpha value is -2.61. The molecule has 1 heterocycles. The summed E-state index contributed by atoms with van der Waals surface area (Å²) < 4.78 is 30.9. The number of para-hydroxylation sites is 1. The molecule has 0 aromatic heterocycles. The van der Waals surface area contributed by atoms with Gasteiger partial charge in [0.15, 0.2) is 9.84 Å². The number of hydrogen-bond acceptors (Lipinski definition) is 6. The molecule has 0 amide bonds. The molecule has 32 heavy (non-hydrogen) atoms. The second kappa shape index (κ2) is 10.8. The maximum absolute atomic E-state index is 12.6. The fraction of sp³-hybridized carbons (Fsp3) is 0.360. The molecule has 0 saturated carbocycles. The van der Waals surface area contributed by atoms with Gasteiger partial charge >= 0.3 is 0 Å². The summed E-state index contributed by atoms with van der Waals surface area (Å²) >= 11 is 0. The number of ether oxygens (including phenoxy) is 1. The van der Waals surface area contributed by atoms with Crippen molar-refractivity contribution in [2.24, 2.45) is 0 Å². The van der Waals surface area contributed by atoms with Gasteiger partial charge in [-0.05, 0) is 60.2 Å². The molecule has 0 spiro atoms. The summed E-state index contributed by atoms with van der Waals surface area (Å²) in [6, 6.07) is 15.9. The highest BCUT2D eigenvalue weighted by Gasteiger charge is 2.41. The molecule has 0 aliphatic carbocycles. The van der Waals surface area contributed by atoms with E-state index in [0.717, 1.165) is 17.6 Å². The lowest BCUT2D eigenvalue weighted by atomic mass is 9.94. The topological polar surface area (TPSA) is 104 Å². The van der Waals surface area contributed by atoms with Crippen LogP contribution >= 0.6 is 0 Å². The molecule has 0 saturated heterocycles. The Morgan fingerprint density at radius 1 is 1.16 bits per heavy atom. The fourth-order valence-electron chi connectivity index (χ4n) is 3.96. The molecule has 0 unspecified atom stereocenters. The van der Waals surface area contributed by atoms with Crippen molar-refractivity contribution in [3.05, 3.63) is 76.9 Å². The normalized spacial score (nSPS) is 19.2. The van der Waals surface area contributed by atoms with Crippen molar-refractivity contribution in [2.45, 2.75) is 37.5 Å². The first-order valence-electron chi connectivity index (χ1n) is 10.7. The van der Waals surface area contributed by atoms with Gasteiger partial charge in [0, 0.05) is 0 Å². The Morgan fingerprint density at radius 2 is 1.84 bits per heavy atom. The molecule has 0 radical (unpaired) electrons. The van der Waals surface area contributed by atoms with Crippen molar-refractivity contribution in [2.75, 3.05) is 19.0 Å². The lowest BCUT2D eigenvalue weighted by molar-refractivity contribution is 0.187. The molecule has 2 atom stereocenters. The zero-order valence-electron chi connectivity index (χ0n) is 18.1. The summed E-state index contributed by atoms with van der Waals surface area (Å²) in [6.07, 6.45) is 2.71. The molecule has 0 bridgehead atoms. The predicted molar refractivity (Wildman–Crippen MR) is 125 cm³/mol. The van der Waals surface area contributed by atoms with E-state index in [2.05, 4.69) is 0 Å². The third-order valence-electron chi connectivity index (χ3n) is 5.70. The second-order valence-electron chi connectivity index (χ2n) is 7.94. The monoisotopic (exact) mass is 458 g/mol. The van der Waals surface area contributed by atoms with E-state index in [0.29, 0.717) is 29.7 Å². The van der Waals surface area contributed by atoms with Gasteiger partial charge in [-0.15, -0.1) is 0 Å². The van der Waals surface area contributed by atoms with Crippen molar-refractivity contribution in [1.29, 1.82) is 0 Å². The standard InChI is InChI=1S/C25H30O6S/c1-2-18(14-19-8-11-21(27)12-9-19)10-13-23(28)25-20(17-32(29,30)24(25)15-26)16-31-22-6-4-3-5-7-22/h3-9,11-12,14,23-24,26-28H,2,10,13,15-17H2,1H3/b18-14+/t23-,24+/m1/s1. The van der Waals surface area contributed by atoms with Crippen LogP contribution in [0.25, 0.3) is 6.08 Å². The molecule has 1 aliphatic heterocycles. The van der Waals surface area contributed by atoms with Crippen LogP contribution in [0.2, 0.25) is 0 Å². The summed E-state index contributed by atoms with van der Waals surface area (Å²) in [6.45, 7) is 1.51. The second-order valence-corrected chi connectivity index (χ2v) is 10.1. The quantitative estimate of drug-likeness (QED) is 0.471. The molecule has 2 aromatic carbocycles. The number of rotatable bonds is 10. The largest absolute Gasteiger partial charge is 0.508 e. The molecule has 7 heteroatoms. The summed E-state index contributed by atoms with van der Waals surface area (Å²) in [5.74, 6) is 0.593. The van der Waals surface area contributed by atoms with E-state index in [1.807, 2.05) is 43.3 Å². The van der Waals surface area contributed by atoms with Crippen LogP contribution in [0.4, 0.5) is 0 Å². The summed E-state index contributed by atoms with van der Waals surface area (Å²) in [5, 5.41) is 29.1. The highest BCUT2D eigenvalue weighted by molar-refractivity contribution is 7.92. The predicted octanol–water partition coefficient (Wildman–Crippen LogP) is 3.49. The number of allylic oxidation sites excluding steroid dienone is 1. The van der Waals surface area contributed by atoms with Crippen LogP contribution in [0.1, 0.15) is 31.7 Å². The molecular weight excluding hydrogens is 428 g/mol. The van der Waals surface area contributed by atoms with Crippen molar-refractivity contribution < 1.29 is 28.5 Å². The van der Waals surface area contributed by atoms with Gasteiger partial charge in [-0.2, -0.15) is 0 Å². The highest BCUT2D eigenvalue weighted by Crippen LogP contribution is 2.32. The van der Waals surface area contributed by atoms with E-state index in [1.54, 1.807) is 24.3 Å². The number of aliphatic hydroxyl groups excluding tert-OH is 2. The molecule has 3 N–H and O–H groups in total. The van der Waals surface area contributed by atoms with Crippen molar-refractivity contribution >= 4 is 15.9 Å². The van der Waals surface area contributed by atoms with Crippen molar-refractivity contribution in [3.8, 4) is 11.5 Å². The van der Waals surface area contributed by atoms with Gasteiger partial charge < -0.3 is 20.1 Å². The molecular formula is C25H30O6S. The Balaban J connectivity index is 1.76. The molecule has 1 aliphatic rings. The maximum Gasteiger partial charge on any atom is 0.163 e. The average molecular weight is 459 g/mol. The lowest BCUT2D eigenvalue weighted by Gasteiger charge is -2.20. The Kier molecular flexibility index (Phi) is 8.12. The first-order chi connectivity index (χ1) is 15.3. The molecule has 3 rings (SSSR count). The maximum atomic E-state index is 12.6. The Labute approximate surface area is 189 Å². The van der Waals surface area contributed by atoms with Crippen LogP contribution in [0.15, 0.2) is 71.3 Å². The average Bonchev–Trinajstić information content (AvgIpc) is 3.06. The minimum atomic E-state index is -3.58. The number of phenols is 1. The Bertz CT molecular complexity index is 1060. The molecule has 172 valence electrons. The van der Waals surface area contributed by atoms with Crippen LogP contribution in [0, 0.1) is 0 Å². The van der Waals surface area contributed by atoms with Gasteiger partial charge in [0.1, 0.15) is 23.4 Å². The zero-order valence-corrected chi connectivity index (χ0v) is 19.0. The smallest absolute Gasteiger partial charge is 0.163 e. The first-order valence-corrected chi connectivity index (χ1v) is 12.4. The lowest BCUT2D eigenvalue weighted by Crippen LogP contribution is -2.29. The van der Waals surface area contributed by atoms with E-state index in [9.17, 15) is 23.7 Å². The van der Waals surface area contributed by atoms with Crippen molar-refractivity contribution in [1.82, 2.24) is 0 Å². The highest BCUT2D eigenvalue weighted by atomic mass is 32.2. The summed E-state index contributed by atoms with van der Waals surface area (Å²) in [7, 11) is -3.58. The fourth-order valence-corrected chi connectivity index (χ4v) is 5.83. The SMILES string of the molecule is CC/C(=C\c1ccc(O)cc1)CC[C@@H](O)C1=C(COc2ccccc2)CS(=O)(=O)[C@H]1CO. The van der Waals surface area contributed by atoms with Gasteiger partial charge in [0.05, 0.1) is 18.5 Å². The molecule has 2 aromatic rings. The van der Waals surface area contributed by atoms with Crippen LogP contribution in [-0.2, 0) is 9.84 Å². The number of phenolic OH excluding ortho intramolecular Hbond substituents is 1. The van der Waals surface area contributed by atoms with E-state index >= 15 is 0 Å². The minimum absolute atomic E-state index is 0.0517. The number of benzene rings is 2. The number of sulfone groups is 1. The van der Waals surface area contributed by atoms with Gasteiger partial charge in [0.25, 0.3) is 0 Å². The van der Waals surface area contributed by atoms with E-state index in [-0.39, 0.29) is 18.1 Å². The van der Waals surface area contributed by atoms with E-state index in [4.69, 9.17) is 4.74 Å². The first kappa shape index (κ1) is 24.0. The zero-order chi connectivity index (χ0) is 23.1. The molecule has 6 nitrogen and oxygen atoms in total. The molecule has 0 fully saturated rings. The number of aliphatic hydroxyl groups is 2. The van der Waals surface area contributed by atoms with E-state index < -0.39 is 27.8 Å². The third kappa shape index (κ3) is 6.00. The minimum Gasteiger partial charge on any atom is -0.508 e. The number of aromatic hydroxyl groups is 1. The Morgan fingerprint density at radius 3 is 2.47 bits per heavy atom. The third-order valence-corrected chi connectivity index (χ3v) is 7.72. The number of hydrogen-bond donors (Lipinski definition) is 3. The van der Waals surface area contributed by atoms with Crippen LogP contribution < -0.4 is 4.74 Å². The van der Waals surface area contributed by atoms with E-state index in [1.165, 1.54) is 0 Å². The summed E-state index contributed by atoms with van der Waals surface area (Å²) in [5.41, 5.74) is 2.92. The van der Waals surface area contributed by atoms with Crippen LogP contribution in [0.5, 0.6) is 11.5 Å². The van der Waals surface area contributed by atoms with Gasteiger partial charge in [-0.3, -0.25) is 0 Å². The van der Waals surface area contributed by atoms with Gasteiger partial charge in [-0.25, -0.2) is 8.42 Å². The van der Waals surface area contributed by atoms with Gasteiger partial charge in [0.2, 0.25) is 0 Å². The van der Waals surface area contributed by atoms with Crippen LogP contribution in [-0.4, -0.2) is 54.1 Å². The van der Waals surface area contributed by atoms with Gasteiger partial charge in [-0.1, -0.05) is 48.9 Å².